The minimum atomic E-state index is -0.670. The highest BCUT2D eigenvalue weighted by atomic mass is 16.6. The van der Waals surface area contributed by atoms with Crippen molar-refractivity contribution in [1.29, 1.82) is 0 Å². The van der Waals surface area contributed by atoms with E-state index in [1.54, 1.807) is 13.0 Å². The van der Waals surface area contributed by atoms with Crippen molar-refractivity contribution in [1.82, 2.24) is 0 Å². The van der Waals surface area contributed by atoms with E-state index in [9.17, 15) is 9.59 Å². The molecule has 0 amide bonds. The Bertz CT molecular complexity index is 340. The van der Waals surface area contributed by atoms with Crippen molar-refractivity contribution in [2.24, 2.45) is 0 Å². The van der Waals surface area contributed by atoms with Gasteiger partial charge in [-0.25, -0.2) is 9.59 Å². The molecule has 80 valence electrons. The first-order valence-corrected chi connectivity index (χ1v) is 4.43. The summed E-state index contributed by atoms with van der Waals surface area (Å²) < 4.78 is 9.89. The lowest BCUT2D eigenvalue weighted by atomic mass is 10.1. The molecule has 2 unspecified atom stereocenters. The highest BCUT2D eigenvalue weighted by Crippen LogP contribution is 2.18. The number of hydrogen-bond donors (Lipinski definition) is 0. The average molecular weight is 208 g/mol. The van der Waals surface area contributed by atoms with Crippen LogP contribution in [0.15, 0.2) is 37.0 Å². The maximum Gasteiger partial charge on any atom is 0.334 e. The summed E-state index contributed by atoms with van der Waals surface area (Å²) in [6, 6.07) is 0. The van der Waals surface area contributed by atoms with Crippen LogP contribution < -0.4 is 0 Å². The van der Waals surface area contributed by atoms with Crippen molar-refractivity contribution in [3.05, 3.63) is 37.0 Å². The molecule has 1 aliphatic rings. The van der Waals surface area contributed by atoms with E-state index in [0.717, 1.165) is 6.08 Å². The van der Waals surface area contributed by atoms with Crippen LogP contribution in [-0.4, -0.2) is 24.1 Å². The summed E-state index contributed by atoms with van der Waals surface area (Å²) in [5.74, 6) is -0.976. The largest absolute Gasteiger partial charge is 0.451 e. The van der Waals surface area contributed by atoms with Crippen molar-refractivity contribution in [3.63, 3.8) is 0 Å². The number of carbonyl (C=O) groups excluding carboxylic acids is 2. The molecule has 0 aromatic heterocycles. The second-order valence-electron chi connectivity index (χ2n) is 3.06. The van der Waals surface area contributed by atoms with Gasteiger partial charge in [-0.1, -0.05) is 13.2 Å². The first kappa shape index (κ1) is 11.2. The molecule has 1 aliphatic heterocycles. The molecule has 15 heavy (non-hydrogen) atoms. The van der Waals surface area contributed by atoms with Crippen molar-refractivity contribution in [2.45, 2.75) is 19.1 Å². The lowest BCUT2D eigenvalue weighted by Gasteiger charge is -2.17. The molecule has 1 rings (SSSR count). The third-order valence-electron chi connectivity index (χ3n) is 1.95. The molecule has 0 spiro atoms. The zero-order valence-electron chi connectivity index (χ0n) is 8.43. The van der Waals surface area contributed by atoms with E-state index in [1.165, 1.54) is 6.08 Å². The number of rotatable bonds is 4. The van der Waals surface area contributed by atoms with Crippen molar-refractivity contribution in [3.8, 4) is 0 Å². The zero-order chi connectivity index (χ0) is 11.4. The van der Waals surface area contributed by atoms with E-state index in [0.29, 0.717) is 5.57 Å². The Morgan fingerprint density at radius 3 is 2.73 bits per heavy atom. The third kappa shape index (κ3) is 2.56. The van der Waals surface area contributed by atoms with E-state index in [1.807, 2.05) is 0 Å². The zero-order valence-corrected chi connectivity index (χ0v) is 8.43. The molecule has 0 aromatic rings. The van der Waals surface area contributed by atoms with Crippen LogP contribution in [0.5, 0.6) is 0 Å². The monoisotopic (exact) mass is 208 g/mol. The summed E-state index contributed by atoms with van der Waals surface area (Å²) in [5.41, 5.74) is 0.501. The summed E-state index contributed by atoms with van der Waals surface area (Å²) in [4.78, 5) is 22.0. The fourth-order valence-corrected chi connectivity index (χ4v) is 1.16. The molecule has 0 fully saturated rings. The van der Waals surface area contributed by atoms with Gasteiger partial charge in [0, 0.05) is 11.6 Å². The molecule has 0 saturated carbocycles. The molecule has 1 heterocycles. The molecular weight excluding hydrogens is 196 g/mol. The van der Waals surface area contributed by atoms with E-state index in [-0.39, 0.29) is 0 Å². The number of carbonyl (C=O) groups is 2. The molecule has 2 atom stereocenters. The Morgan fingerprint density at radius 2 is 2.33 bits per heavy atom. The van der Waals surface area contributed by atoms with E-state index in [4.69, 9.17) is 9.47 Å². The van der Waals surface area contributed by atoms with Gasteiger partial charge in [0.1, 0.15) is 0 Å². The maximum atomic E-state index is 11.1. The van der Waals surface area contributed by atoms with Crippen LogP contribution in [0.1, 0.15) is 6.92 Å². The van der Waals surface area contributed by atoms with Crippen molar-refractivity contribution < 1.29 is 19.1 Å². The van der Waals surface area contributed by atoms with Gasteiger partial charge < -0.3 is 9.47 Å². The van der Waals surface area contributed by atoms with Crippen LogP contribution >= 0.6 is 0 Å². The summed E-state index contributed by atoms with van der Waals surface area (Å²) in [7, 11) is 0. The molecule has 4 nitrogen and oxygen atoms in total. The van der Waals surface area contributed by atoms with E-state index in [2.05, 4.69) is 13.2 Å². The minimum absolute atomic E-state index is 0.401. The Balaban J connectivity index is 2.69. The fraction of sp³-hybridized carbons (Fsp3) is 0.273. The SMILES string of the molecule is C=CC(=O)OC(C=C)C1C=C(C)C(=O)O1. The quantitative estimate of drug-likeness (QED) is 0.395. The van der Waals surface area contributed by atoms with Gasteiger partial charge in [-0.3, -0.25) is 0 Å². The van der Waals surface area contributed by atoms with Crippen LogP contribution in [0, 0.1) is 0 Å². The van der Waals surface area contributed by atoms with Gasteiger partial charge >= 0.3 is 11.9 Å². The Labute approximate surface area is 87.9 Å². The van der Waals surface area contributed by atoms with Crippen LogP contribution in [0.25, 0.3) is 0 Å². The number of esters is 2. The molecule has 0 aliphatic carbocycles. The summed E-state index contributed by atoms with van der Waals surface area (Å²) in [5, 5.41) is 0. The fourth-order valence-electron chi connectivity index (χ4n) is 1.16. The number of hydrogen-bond acceptors (Lipinski definition) is 4. The molecule has 0 N–H and O–H groups in total. The van der Waals surface area contributed by atoms with Crippen LogP contribution in [-0.2, 0) is 19.1 Å². The van der Waals surface area contributed by atoms with Crippen LogP contribution in [0.2, 0.25) is 0 Å². The Morgan fingerprint density at radius 1 is 1.67 bits per heavy atom. The van der Waals surface area contributed by atoms with E-state index >= 15 is 0 Å². The normalized spacial score (nSPS) is 21.3. The lowest BCUT2D eigenvalue weighted by Crippen LogP contribution is -2.28. The van der Waals surface area contributed by atoms with Gasteiger partial charge in [-0.2, -0.15) is 0 Å². The van der Waals surface area contributed by atoms with Gasteiger partial charge in [0.15, 0.2) is 12.2 Å². The van der Waals surface area contributed by atoms with Crippen molar-refractivity contribution >= 4 is 11.9 Å². The minimum Gasteiger partial charge on any atom is -0.451 e. The number of ether oxygens (including phenoxy) is 2. The molecular formula is C11H12O4. The lowest BCUT2D eigenvalue weighted by molar-refractivity contribution is -0.153. The molecule has 0 bridgehead atoms. The van der Waals surface area contributed by atoms with Gasteiger partial charge in [0.25, 0.3) is 0 Å². The predicted octanol–water partition coefficient (Wildman–Crippen LogP) is 1.14. The summed E-state index contributed by atoms with van der Waals surface area (Å²) >= 11 is 0. The second-order valence-corrected chi connectivity index (χ2v) is 3.06. The second kappa shape index (κ2) is 4.59. The van der Waals surface area contributed by atoms with Gasteiger partial charge in [0.2, 0.25) is 0 Å². The highest BCUT2D eigenvalue weighted by molar-refractivity contribution is 5.90. The molecule has 0 radical (unpaired) electrons. The Hall–Kier alpha value is -1.84. The molecule has 4 heteroatoms. The molecule has 0 aromatic carbocycles. The Kier molecular flexibility index (Phi) is 3.44. The summed E-state index contributed by atoms with van der Waals surface area (Å²) in [6.45, 7) is 8.42. The van der Waals surface area contributed by atoms with Crippen molar-refractivity contribution in [2.75, 3.05) is 0 Å². The van der Waals surface area contributed by atoms with Crippen LogP contribution in [0.3, 0.4) is 0 Å². The first-order chi connectivity index (χ1) is 7.08. The predicted molar refractivity (Wildman–Crippen MR) is 53.9 cm³/mol. The number of cyclic esters (lactones) is 1. The van der Waals surface area contributed by atoms with Gasteiger partial charge in [-0.05, 0) is 19.1 Å². The summed E-state index contributed by atoms with van der Waals surface area (Å²) in [6.07, 6.45) is 2.80. The topological polar surface area (TPSA) is 52.6 Å². The van der Waals surface area contributed by atoms with Gasteiger partial charge in [-0.15, -0.1) is 0 Å². The average Bonchev–Trinajstić information content (AvgIpc) is 2.55. The van der Waals surface area contributed by atoms with E-state index < -0.39 is 24.1 Å². The highest BCUT2D eigenvalue weighted by Gasteiger charge is 2.30. The standard InChI is InChI=1S/C11H12O4/c1-4-8(14-10(12)5-2)9-6-7(3)11(13)15-9/h4-6,8-9H,1-2H2,3H3. The van der Waals surface area contributed by atoms with Gasteiger partial charge in [0.05, 0.1) is 0 Å². The van der Waals surface area contributed by atoms with Crippen LogP contribution in [0.4, 0.5) is 0 Å². The third-order valence-corrected chi connectivity index (χ3v) is 1.95. The molecule has 0 saturated heterocycles. The first-order valence-electron chi connectivity index (χ1n) is 4.43. The smallest absolute Gasteiger partial charge is 0.334 e. The maximum absolute atomic E-state index is 11.1.